The molecule has 0 aliphatic carbocycles. The summed E-state index contributed by atoms with van der Waals surface area (Å²) in [5.41, 5.74) is 0.530. The van der Waals surface area contributed by atoms with Crippen LogP contribution in [0.3, 0.4) is 0 Å². The van der Waals surface area contributed by atoms with Gasteiger partial charge in [0.1, 0.15) is 0 Å². The average molecular weight is 335 g/mol. The minimum absolute atomic E-state index is 0.162. The number of fused-ring (bicyclic) bond motifs is 1. The van der Waals surface area contributed by atoms with Crippen LogP contribution < -0.4 is 5.01 Å². The Labute approximate surface area is 136 Å². The summed E-state index contributed by atoms with van der Waals surface area (Å²) in [6.07, 6.45) is 3.97. The van der Waals surface area contributed by atoms with E-state index < -0.39 is 15.7 Å². The van der Waals surface area contributed by atoms with Crippen molar-refractivity contribution in [3.8, 4) is 0 Å². The molecule has 2 heterocycles. The number of carbonyl (C=O) groups excluding carboxylic acids is 1. The van der Waals surface area contributed by atoms with E-state index in [9.17, 15) is 13.2 Å². The molecule has 1 aromatic carbocycles. The first-order chi connectivity index (χ1) is 11.1. The lowest BCUT2D eigenvalue weighted by Gasteiger charge is -2.28. The molecule has 1 fully saturated rings. The molecule has 1 aromatic rings. The Hall–Kier alpha value is -1.89. The van der Waals surface area contributed by atoms with Crippen LogP contribution in [-0.4, -0.2) is 43.9 Å². The minimum Gasteiger partial charge on any atom is -0.337 e. The van der Waals surface area contributed by atoms with Gasteiger partial charge in [-0.3, -0.25) is 9.80 Å². The number of likely N-dealkylation sites (tertiary alicyclic amines) is 1. The summed E-state index contributed by atoms with van der Waals surface area (Å²) in [7, 11) is -3.87. The van der Waals surface area contributed by atoms with E-state index in [-0.39, 0.29) is 9.94 Å². The molecular weight excluding hydrogens is 314 g/mol. The highest BCUT2D eigenvalue weighted by molar-refractivity contribution is 8.08. The Bertz CT molecular complexity index is 735. The van der Waals surface area contributed by atoms with Crippen LogP contribution in [0.15, 0.2) is 34.3 Å². The molecule has 0 unspecified atom stereocenters. The van der Waals surface area contributed by atoms with Gasteiger partial charge in [0.2, 0.25) is 14.9 Å². The topological polar surface area (TPSA) is 70.1 Å². The van der Waals surface area contributed by atoms with Gasteiger partial charge in [-0.2, -0.15) is 5.10 Å². The molecule has 2 aliphatic heterocycles. The highest BCUT2D eigenvalue weighted by Crippen LogP contribution is 2.31. The Kier molecular flexibility index (Phi) is 4.39. The van der Waals surface area contributed by atoms with Crippen LogP contribution in [0.2, 0.25) is 0 Å². The van der Waals surface area contributed by atoms with Crippen molar-refractivity contribution in [2.75, 3.05) is 24.6 Å². The zero-order valence-corrected chi connectivity index (χ0v) is 14.1. The zero-order chi connectivity index (χ0) is 16.4. The molecule has 6 nitrogen and oxygen atoms in total. The van der Waals surface area contributed by atoms with Crippen molar-refractivity contribution in [2.45, 2.75) is 37.5 Å². The van der Waals surface area contributed by atoms with Crippen molar-refractivity contribution in [3.63, 3.8) is 0 Å². The smallest absolute Gasteiger partial charge is 0.286 e. The van der Waals surface area contributed by atoms with Gasteiger partial charge < -0.3 is 4.90 Å². The van der Waals surface area contributed by atoms with Crippen LogP contribution >= 0.6 is 0 Å². The molecule has 7 heteroatoms. The lowest BCUT2D eigenvalue weighted by molar-refractivity contribution is -0.123. The summed E-state index contributed by atoms with van der Waals surface area (Å²) in [6, 6.07) is 6.70. The second kappa shape index (κ2) is 6.31. The third kappa shape index (κ3) is 2.85. The van der Waals surface area contributed by atoms with Gasteiger partial charge in [0.15, 0.2) is 0 Å². The minimum atomic E-state index is -3.87. The number of carbonyl (C=O) groups is 1. The van der Waals surface area contributed by atoms with Crippen molar-refractivity contribution >= 4 is 26.5 Å². The van der Waals surface area contributed by atoms with Crippen molar-refractivity contribution in [3.05, 3.63) is 24.3 Å². The SMILES string of the molecule is CCN1N=C(C(=O)N2CCCCCC2)S(=O)(=O)c2ccccc21. The Morgan fingerprint density at radius 2 is 1.78 bits per heavy atom. The predicted octanol–water partition coefficient (Wildman–Crippen LogP) is 2.02. The van der Waals surface area contributed by atoms with E-state index in [1.165, 1.54) is 6.07 Å². The van der Waals surface area contributed by atoms with Gasteiger partial charge in [-0.15, -0.1) is 0 Å². The van der Waals surface area contributed by atoms with Crippen molar-refractivity contribution in [2.24, 2.45) is 5.10 Å². The summed E-state index contributed by atoms with van der Waals surface area (Å²) in [6.45, 7) is 3.58. The molecule has 0 atom stereocenters. The van der Waals surface area contributed by atoms with Crippen molar-refractivity contribution in [1.29, 1.82) is 0 Å². The Morgan fingerprint density at radius 1 is 1.13 bits per heavy atom. The molecule has 0 radical (unpaired) electrons. The van der Waals surface area contributed by atoms with Crippen LogP contribution in [0.25, 0.3) is 0 Å². The highest BCUT2D eigenvalue weighted by Gasteiger charge is 2.38. The van der Waals surface area contributed by atoms with Crippen LogP contribution in [0.1, 0.15) is 32.6 Å². The number of benzene rings is 1. The van der Waals surface area contributed by atoms with Crippen molar-refractivity contribution in [1.82, 2.24) is 4.90 Å². The van der Waals surface area contributed by atoms with E-state index in [0.717, 1.165) is 25.7 Å². The van der Waals surface area contributed by atoms with Crippen LogP contribution in [0, 0.1) is 0 Å². The first kappa shape index (κ1) is 16.0. The summed E-state index contributed by atoms with van der Waals surface area (Å²) in [4.78, 5) is 14.6. The average Bonchev–Trinajstić information content (AvgIpc) is 2.84. The molecule has 0 bridgehead atoms. The van der Waals surface area contributed by atoms with Gasteiger partial charge in [0.05, 0.1) is 10.6 Å². The standard InChI is InChI=1S/C16H21N3O3S/c1-2-19-13-9-5-6-10-14(13)23(21,22)15(17-19)16(20)18-11-7-3-4-8-12-18/h5-6,9-10H,2-4,7-8,11-12H2,1H3. The summed E-state index contributed by atoms with van der Waals surface area (Å²) < 4.78 is 25.7. The Balaban J connectivity index is 2.01. The number of rotatable bonds is 2. The number of para-hydroxylation sites is 1. The number of hydrazone groups is 1. The largest absolute Gasteiger partial charge is 0.337 e. The van der Waals surface area contributed by atoms with Crippen LogP contribution in [-0.2, 0) is 14.6 Å². The first-order valence-corrected chi connectivity index (χ1v) is 9.53. The van der Waals surface area contributed by atoms with Gasteiger partial charge >= 0.3 is 0 Å². The lowest BCUT2D eigenvalue weighted by Crippen LogP contribution is -2.43. The third-order valence-corrected chi connectivity index (χ3v) is 5.96. The molecule has 3 rings (SSSR count). The van der Waals surface area contributed by atoms with Gasteiger partial charge in [0.25, 0.3) is 5.91 Å². The maximum Gasteiger partial charge on any atom is 0.286 e. The van der Waals surface area contributed by atoms with E-state index in [1.54, 1.807) is 28.1 Å². The van der Waals surface area contributed by atoms with E-state index in [4.69, 9.17) is 0 Å². The van der Waals surface area contributed by atoms with Crippen LogP contribution in [0.4, 0.5) is 5.69 Å². The quantitative estimate of drug-likeness (QED) is 0.829. The third-order valence-electron chi connectivity index (χ3n) is 4.27. The number of anilines is 1. The second-order valence-electron chi connectivity index (χ2n) is 5.80. The highest BCUT2D eigenvalue weighted by atomic mass is 32.2. The fraction of sp³-hybridized carbons (Fsp3) is 0.500. The molecular formula is C16H21N3O3S. The van der Waals surface area contributed by atoms with E-state index in [0.29, 0.717) is 25.3 Å². The summed E-state index contributed by atoms with van der Waals surface area (Å²) in [5.74, 6) is -0.472. The molecule has 1 saturated heterocycles. The maximum absolute atomic E-state index is 12.8. The van der Waals surface area contributed by atoms with E-state index in [1.807, 2.05) is 6.92 Å². The molecule has 0 spiro atoms. The number of hydrogen-bond acceptors (Lipinski definition) is 5. The van der Waals surface area contributed by atoms with Crippen molar-refractivity contribution < 1.29 is 13.2 Å². The van der Waals surface area contributed by atoms with Gasteiger partial charge in [-0.05, 0) is 31.9 Å². The number of amides is 1. The normalized spacial score (nSPS) is 20.5. The molecule has 0 N–H and O–H groups in total. The Morgan fingerprint density at radius 3 is 2.43 bits per heavy atom. The molecule has 0 aromatic heterocycles. The number of sulfone groups is 1. The van der Waals surface area contributed by atoms with Crippen LogP contribution in [0.5, 0.6) is 0 Å². The lowest BCUT2D eigenvalue weighted by atomic mass is 10.2. The summed E-state index contributed by atoms with van der Waals surface area (Å²) >= 11 is 0. The molecule has 2 aliphatic rings. The first-order valence-electron chi connectivity index (χ1n) is 8.05. The fourth-order valence-electron chi connectivity index (χ4n) is 3.03. The predicted molar refractivity (Wildman–Crippen MR) is 89.1 cm³/mol. The van der Waals surface area contributed by atoms with E-state index >= 15 is 0 Å². The second-order valence-corrected chi connectivity index (χ2v) is 7.63. The zero-order valence-electron chi connectivity index (χ0n) is 13.2. The van der Waals surface area contributed by atoms with E-state index in [2.05, 4.69) is 5.10 Å². The number of hydrogen-bond donors (Lipinski definition) is 0. The molecule has 124 valence electrons. The molecule has 23 heavy (non-hydrogen) atoms. The molecule has 1 amide bonds. The number of nitrogens with zero attached hydrogens (tertiary/aromatic N) is 3. The fourth-order valence-corrected chi connectivity index (χ4v) is 4.51. The van der Waals surface area contributed by atoms with Gasteiger partial charge in [-0.25, -0.2) is 8.42 Å². The van der Waals surface area contributed by atoms with Gasteiger partial charge in [-0.1, -0.05) is 25.0 Å². The summed E-state index contributed by atoms with van der Waals surface area (Å²) in [5, 5.41) is 5.41. The monoisotopic (exact) mass is 335 g/mol. The van der Waals surface area contributed by atoms with Gasteiger partial charge in [0, 0.05) is 19.6 Å². The maximum atomic E-state index is 12.8. The molecule has 0 saturated carbocycles.